The highest BCUT2D eigenvalue weighted by molar-refractivity contribution is 7.80. The third-order valence-electron chi connectivity index (χ3n) is 4.75. The summed E-state index contributed by atoms with van der Waals surface area (Å²) in [4.78, 5) is 0. The van der Waals surface area contributed by atoms with Crippen LogP contribution in [0.3, 0.4) is 0 Å². The van der Waals surface area contributed by atoms with Crippen molar-refractivity contribution in [3.05, 3.63) is 29.3 Å². The van der Waals surface area contributed by atoms with E-state index in [-0.39, 0.29) is 0 Å². The van der Waals surface area contributed by atoms with Gasteiger partial charge in [-0.1, -0.05) is 19.8 Å². The highest BCUT2D eigenvalue weighted by atomic mass is 32.1. The minimum atomic E-state index is 0.443. The second-order valence-electron chi connectivity index (χ2n) is 6.61. The van der Waals surface area contributed by atoms with Crippen LogP contribution in [0.1, 0.15) is 50.7 Å². The second-order valence-corrected chi connectivity index (χ2v) is 7.02. The van der Waals surface area contributed by atoms with Crippen molar-refractivity contribution in [2.24, 2.45) is 11.0 Å². The monoisotopic (exact) mass is 363 g/mol. The fourth-order valence-electron chi connectivity index (χ4n) is 3.20. The molecule has 0 aliphatic heterocycles. The van der Waals surface area contributed by atoms with E-state index in [1.54, 1.807) is 14.2 Å². The van der Waals surface area contributed by atoms with Gasteiger partial charge in [0.2, 0.25) is 0 Å². The maximum absolute atomic E-state index is 5.39. The number of hydrogen-bond donors (Lipinski definition) is 2. The van der Waals surface area contributed by atoms with Gasteiger partial charge in [-0.3, -0.25) is 5.43 Å². The van der Waals surface area contributed by atoms with Crippen LogP contribution in [0.2, 0.25) is 0 Å². The average Bonchev–Trinajstić information content (AvgIpc) is 2.62. The summed E-state index contributed by atoms with van der Waals surface area (Å²) in [6, 6.07) is 6.39. The summed E-state index contributed by atoms with van der Waals surface area (Å²) in [5.74, 6) is 1.46. The van der Waals surface area contributed by atoms with Crippen molar-refractivity contribution in [2.45, 2.75) is 52.2 Å². The van der Waals surface area contributed by atoms with E-state index < -0.39 is 0 Å². The minimum Gasteiger partial charge on any atom is -0.496 e. The van der Waals surface area contributed by atoms with E-state index in [0.29, 0.717) is 23.7 Å². The van der Waals surface area contributed by atoms with Crippen LogP contribution < -0.4 is 15.5 Å². The van der Waals surface area contributed by atoms with Gasteiger partial charge in [0.15, 0.2) is 5.11 Å². The number of hydrogen-bond acceptors (Lipinski definition) is 4. The normalized spacial score (nSPS) is 20.9. The molecule has 2 N–H and O–H groups in total. The van der Waals surface area contributed by atoms with Crippen LogP contribution in [0.5, 0.6) is 5.75 Å². The number of methoxy groups -OCH3 is 2. The average molecular weight is 364 g/mol. The molecule has 0 amide bonds. The maximum Gasteiger partial charge on any atom is 0.187 e. The first kappa shape index (κ1) is 19.7. The van der Waals surface area contributed by atoms with Gasteiger partial charge in [0, 0.05) is 18.7 Å². The van der Waals surface area contributed by atoms with Gasteiger partial charge in [-0.15, -0.1) is 0 Å². The smallest absolute Gasteiger partial charge is 0.187 e. The number of hydrazone groups is 1. The Morgan fingerprint density at radius 1 is 1.28 bits per heavy atom. The molecule has 0 heterocycles. The van der Waals surface area contributed by atoms with Gasteiger partial charge in [-0.05, 0) is 61.7 Å². The number of benzene rings is 1. The van der Waals surface area contributed by atoms with E-state index in [4.69, 9.17) is 21.7 Å². The highest BCUT2D eigenvalue weighted by Gasteiger charge is 2.21. The summed E-state index contributed by atoms with van der Waals surface area (Å²) in [5, 5.41) is 8.41. The van der Waals surface area contributed by atoms with E-state index >= 15 is 0 Å². The van der Waals surface area contributed by atoms with Gasteiger partial charge in [0.05, 0.1) is 19.4 Å². The van der Waals surface area contributed by atoms with Crippen LogP contribution in [0.25, 0.3) is 0 Å². The molecule has 0 bridgehead atoms. The molecule has 1 aromatic rings. The molecule has 5 nitrogen and oxygen atoms in total. The van der Waals surface area contributed by atoms with E-state index in [9.17, 15) is 0 Å². The molecule has 0 aromatic heterocycles. The number of nitrogens with zero attached hydrogens (tertiary/aromatic N) is 1. The summed E-state index contributed by atoms with van der Waals surface area (Å²) in [5.41, 5.74) is 5.84. The summed E-state index contributed by atoms with van der Waals surface area (Å²) in [7, 11) is 3.33. The number of ether oxygens (including phenoxy) is 2. The van der Waals surface area contributed by atoms with Crippen molar-refractivity contribution < 1.29 is 9.47 Å². The number of thiocarbonyl (C=S) groups is 1. The highest BCUT2D eigenvalue weighted by Crippen LogP contribution is 2.23. The van der Waals surface area contributed by atoms with Crippen LogP contribution in [0, 0.1) is 5.92 Å². The Balaban J connectivity index is 1.98. The Bertz CT molecular complexity index is 619. The largest absolute Gasteiger partial charge is 0.496 e. The summed E-state index contributed by atoms with van der Waals surface area (Å²) in [6.07, 6.45) is 5.01. The fraction of sp³-hybridized carbons (Fsp3) is 0.579. The quantitative estimate of drug-likeness (QED) is 0.459. The van der Waals surface area contributed by atoms with Gasteiger partial charge in [0.1, 0.15) is 5.75 Å². The van der Waals surface area contributed by atoms with Crippen LogP contribution in [0.4, 0.5) is 0 Å². The predicted molar refractivity (Wildman–Crippen MR) is 106 cm³/mol. The van der Waals surface area contributed by atoms with Crippen molar-refractivity contribution in [1.29, 1.82) is 0 Å². The Morgan fingerprint density at radius 3 is 2.72 bits per heavy atom. The molecule has 1 aliphatic carbocycles. The van der Waals surface area contributed by atoms with Gasteiger partial charge < -0.3 is 14.8 Å². The number of nitrogens with one attached hydrogen (secondary N) is 2. The van der Waals surface area contributed by atoms with Crippen molar-refractivity contribution in [2.75, 3.05) is 14.2 Å². The van der Waals surface area contributed by atoms with Crippen LogP contribution in [0.15, 0.2) is 23.3 Å². The lowest BCUT2D eigenvalue weighted by Gasteiger charge is -2.30. The standard InChI is InChI=1S/C19H29N3O2S/c1-13-7-5-6-8-17(13)20-19(25)22-21-14(2)15-9-10-18(24-4)16(11-15)12-23-3/h9-11,13,17H,5-8,12H2,1-4H3,(H2,20,22,25)/b21-14-/t13-,17+/m1/s1. The zero-order valence-electron chi connectivity index (χ0n) is 15.6. The summed E-state index contributed by atoms with van der Waals surface area (Å²) >= 11 is 5.39. The first-order chi connectivity index (χ1) is 12.0. The Kier molecular flexibility index (Phi) is 7.65. The third kappa shape index (κ3) is 5.68. The molecule has 25 heavy (non-hydrogen) atoms. The molecule has 1 saturated carbocycles. The van der Waals surface area contributed by atoms with Gasteiger partial charge >= 0.3 is 0 Å². The van der Waals surface area contributed by atoms with Gasteiger partial charge in [0.25, 0.3) is 0 Å². The molecule has 1 aromatic carbocycles. The molecule has 0 spiro atoms. The van der Waals surface area contributed by atoms with E-state index in [1.165, 1.54) is 25.7 Å². The molecular weight excluding hydrogens is 334 g/mol. The van der Waals surface area contributed by atoms with E-state index in [1.807, 2.05) is 25.1 Å². The molecular formula is C19H29N3O2S. The van der Waals surface area contributed by atoms with Crippen LogP contribution in [-0.4, -0.2) is 31.1 Å². The lowest BCUT2D eigenvalue weighted by Crippen LogP contribution is -2.44. The molecule has 138 valence electrons. The second kappa shape index (κ2) is 9.73. The lowest BCUT2D eigenvalue weighted by atomic mass is 9.86. The predicted octanol–water partition coefficient (Wildman–Crippen LogP) is 3.61. The molecule has 2 rings (SSSR count). The fourth-order valence-corrected chi connectivity index (χ4v) is 3.40. The van der Waals surface area contributed by atoms with Crippen molar-refractivity contribution >= 4 is 23.0 Å². The minimum absolute atomic E-state index is 0.443. The molecule has 0 saturated heterocycles. The van der Waals surface area contributed by atoms with Crippen molar-refractivity contribution in [1.82, 2.24) is 10.7 Å². The SMILES string of the molecule is COCc1cc(/C(C)=N\NC(=S)N[C@H]2CCCC[C@H]2C)ccc1OC. The summed E-state index contributed by atoms with van der Waals surface area (Å²) in [6.45, 7) is 4.73. The van der Waals surface area contributed by atoms with Crippen molar-refractivity contribution in [3.63, 3.8) is 0 Å². The molecule has 1 aliphatic rings. The maximum atomic E-state index is 5.39. The molecule has 2 atom stereocenters. The summed E-state index contributed by atoms with van der Waals surface area (Å²) < 4.78 is 10.6. The number of rotatable bonds is 6. The topological polar surface area (TPSA) is 54.9 Å². The third-order valence-corrected chi connectivity index (χ3v) is 4.96. The van der Waals surface area contributed by atoms with E-state index in [0.717, 1.165) is 22.6 Å². The molecule has 1 fully saturated rings. The molecule has 0 unspecified atom stereocenters. The van der Waals surface area contributed by atoms with Crippen LogP contribution in [-0.2, 0) is 11.3 Å². The zero-order chi connectivity index (χ0) is 18.2. The Hall–Kier alpha value is -1.66. The first-order valence-electron chi connectivity index (χ1n) is 8.82. The lowest BCUT2D eigenvalue weighted by molar-refractivity contribution is 0.181. The van der Waals surface area contributed by atoms with E-state index in [2.05, 4.69) is 22.8 Å². The Morgan fingerprint density at radius 2 is 2.04 bits per heavy atom. The molecule has 0 radical (unpaired) electrons. The van der Waals surface area contributed by atoms with Crippen LogP contribution >= 0.6 is 12.2 Å². The first-order valence-corrected chi connectivity index (χ1v) is 9.23. The van der Waals surface area contributed by atoms with Gasteiger partial charge in [-0.25, -0.2) is 0 Å². The van der Waals surface area contributed by atoms with Crippen molar-refractivity contribution in [3.8, 4) is 5.75 Å². The van der Waals surface area contributed by atoms with Gasteiger partial charge in [-0.2, -0.15) is 5.10 Å². The zero-order valence-corrected chi connectivity index (χ0v) is 16.4. The molecule has 6 heteroatoms. The Labute approximate surface area is 156 Å².